The third kappa shape index (κ3) is 5.15. The van der Waals surface area contributed by atoms with Crippen molar-refractivity contribution in [2.24, 2.45) is 0 Å². The largest absolute Gasteiger partial charge is 0.365 e. The van der Waals surface area contributed by atoms with Crippen molar-refractivity contribution in [1.29, 1.82) is 0 Å². The summed E-state index contributed by atoms with van der Waals surface area (Å²) in [6, 6.07) is 6.20. The lowest BCUT2D eigenvalue weighted by Crippen LogP contribution is -2.57. The number of hydrogen-bond donors (Lipinski definition) is 0. The van der Waals surface area contributed by atoms with Crippen molar-refractivity contribution < 1.29 is 4.79 Å². The molecule has 1 saturated heterocycles. The molecule has 1 aromatic carbocycles. The van der Waals surface area contributed by atoms with Crippen molar-refractivity contribution in [2.45, 2.75) is 46.2 Å². The Morgan fingerprint density at radius 2 is 1.82 bits per heavy atom. The number of carbonyl (C=O) groups excluding carboxylic acids is 1. The summed E-state index contributed by atoms with van der Waals surface area (Å²) in [5, 5.41) is 1.43. The normalized spacial score (nSPS) is 19.4. The number of anilines is 1. The molecule has 3 nitrogen and oxygen atoms in total. The van der Waals surface area contributed by atoms with Gasteiger partial charge in [0.25, 0.3) is 0 Å². The van der Waals surface area contributed by atoms with E-state index in [0.29, 0.717) is 11.1 Å². The molecular formula is C17H26Cl2N2O. The second kappa shape index (κ2) is 8.19. The van der Waals surface area contributed by atoms with E-state index in [2.05, 4.69) is 37.5 Å². The number of aldehydes is 1. The minimum atomic E-state index is 0.226. The van der Waals surface area contributed by atoms with Crippen LogP contribution in [0.2, 0.25) is 10.0 Å². The molecule has 0 aromatic heterocycles. The lowest BCUT2D eigenvalue weighted by atomic mass is 10.0. The lowest BCUT2D eigenvalue weighted by molar-refractivity contribution is -0.106. The van der Waals surface area contributed by atoms with Crippen LogP contribution < -0.4 is 4.90 Å². The topological polar surface area (TPSA) is 23.6 Å². The molecule has 2 rings (SSSR count). The van der Waals surface area contributed by atoms with Crippen LogP contribution in [0.4, 0.5) is 5.69 Å². The Balaban J connectivity index is 0.000000745. The Morgan fingerprint density at radius 1 is 1.23 bits per heavy atom. The standard InChI is InChI=1S/C15H22Cl2N2.C2H4O/c1-11-10-18(15(2,3)4)7-8-19(11)14-6-5-12(16)9-13(14)17;1-2-3/h5-6,9,11H,7-8,10H2,1-4H3;2H,1H3. The fraction of sp³-hybridized carbons (Fsp3) is 0.588. The Hall–Kier alpha value is -0.770. The summed E-state index contributed by atoms with van der Waals surface area (Å²) in [7, 11) is 0. The van der Waals surface area contributed by atoms with Crippen LogP contribution in [-0.4, -0.2) is 42.4 Å². The van der Waals surface area contributed by atoms with Crippen molar-refractivity contribution in [3.05, 3.63) is 28.2 Å². The Morgan fingerprint density at radius 3 is 2.27 bits per heavy atom. The molecule has 1 unspecified atom stereocenters. The highest BCUT2D eigenvalue weighted by Crippen LogP contribution is 2.32. The maximum atomic E-state index is 8.81. The van der Waals surface area contributed by atoms with Crippen LogP contribution >= 0.6 is 23.2 Å². The Bertz CT molecular complexity index is 500. The monoisotopic (exact) mass is 344 g/mol. The van der Waals surface area contributed by atoms with E-state index in [1.54, 1.807) is 0 Å². The summed E-state index contributed by atoms with van der Waals surface area (Å²) < 4.78 is 0. The van der Waals surface area contributed by atoms with Crippen LogP contribution in [0.3, 0.4) is 0 Å². The van der Waals surface area contributed by atoms with E-state index >= 15 is 0 Å². The zero-order valence-electron chi connectivity index (χ0n) is 14.1. The van der Waals surface area contributed by atoms with Gasteiger partial charge < -0.3 is 9.69 Å². The summed E-state index contributed by atoms with van der Waals surface area (Å²) in [4.78, 5) is 13.7. The number of nitrogens with zero attached hydrogens (tertiary/aromatic N) is 2. The third-order valence-electron chi connectivity index (χ3n) is 3.80. The van der Waals surface area contributed by atoms with Gasteiger partial charge in [0.2, 0.25) is 0 Å². The molecule has 0 bridgehead atoms. The Kier molecular flexibility index (Phi) is 7.17. The zero-order chi connectivity index (χ0) is 16.9. The van der Waals surface area contributed by atoms with Crippen molar-refractivity contribution in [3.63, 3.8) is 0 Å². The average molecular weight is 345 g/mol. The van der Waals surface area contributed by atoms with Crippen LogP contribution in [0.5, 0.6) is 0 Å². The molecule has 1 atom stereocenters. The van der Waals surface area contributed by atoms with Gasteiger partial charge in [-0.3, -0.25) is 4.90 Å². The molecule has 1 aromatic rings. The number of carbonyl (C=O) groups is 1. The molecule has 0 N–H and O–H groups in total. The number of hydrogen-bond acceptors (Lipinski definition) is 3. The van der Waals surface area contributed by atoms with E-state index in [0.717, 1.165) is 36.6 Å². The van der Waals surface area contributed by atoms with Crippen molar-refractivity contribution in [3.8, 4) is 0 Å². The number of halogens is 2. The molecule has 1 heterocycles. The van der Waals surface area contributed by atoms with Gasteiger partial charge in [0.15, 0.2) is 0 Å². The molecule has 0 radical (unpaired) electrons. The fourth-order valence-electron chi connectivity index (χ4n) is 2.64. The molecule has 0 saturated carbocycles. The highest BCUT2D eigenvalue weighted by Gasteiger charge is 2.30. The zero-order valence-corrected chi connectivity index (χ0v) is 15.6. The molecular weight excluding hydrogens is 319 g/mol. The van der Waals surface area contributed by atoms with Gasteiger partial charge >= 0.3 is 0 Å². The first-order valence-electron chi connectivity index (χ1n) is 7.57. The van der Waals surface area contributed by atoms with Crippen LogP contribution in [0, 0.1) is 0 Å². The quantitative estimate of drug-likeness (QED) is 0.700. The number of rotatable bonds is 1. The summed E-state index contributed by atoms with van der Waals surface area (Å²) in [5.41, 5.74) is 1.32. The van der Waals surface area contributed by atoms with Gasteiger partial charge in [-0.25, -0.2) is 0 Å². The highest BCUT2D eigenvalue weighted by atomic mass is 35.5. The molecule has 0 spiro atoms. The first-order valence-corrected chi connectivity index (χ1v) is 8.32. The SMILES string of the molecule is CC1CN(C(C)(C)C)CCN1c1ccc(Cl)cc1Cl.CC=O. The molecule has 1 aliphatic heterocycles. The van der Waals surface area contributed by atoms with Gasteiger partial charge in [0, 0.05) is 36.2 Å². The predicted octanol–water partition coefficient (Wildman–Crippen LogP) is 4.51. The maximum absolute atomic E-state index is 8.81. The average Bonchev–Trinajstić information content (AvgIpc) is 2.39. The third-order valence-corrected chi connectivity index (χ3v) is 4.33. The fourth-order valence-corrected chi connectivity index (χ4v) is 3.16. The first kappa shape index (κ1) is 19.3. The van der Waals surface area contributed by atoms with Gasteiger partial charge in [-0.15, -0.1) is 0 Å². The van der Waals surface area contributed by atoms with Crippen molar-refractivity contribution in [2.75, 3.05) is 24.5 Å². The molecule has 1 fully saturated rings. The van der Waals surface area contributed by atoms with E-state index in [4.69, 9.17) is 28.0 Å². The van der Waals surface area contributed by atoms with E-state index < -0.39 is 0 Å². The molecule has 1 aliphatic rings. The second-order valence-corrected chi connectivity index (χ2v) is 7.33. The van der Waals surface area contributed by atoms with E-state index in [9.17, 15) is 0 Å². The maximum Gasteiger partial charge on any atom is 0.116 e. The van der Waals surface area contributed by atoms with Gasteiger partial charge in [-0.05, 0) is 52.8 Å². The molecule has 124 valence electrons. The van der Waals surface area contributed by atoms with Crippen LogP contribution in [0.15, 0.2) is 18.2 Å². The van der Waals surface area contributed by atoms with Crippen LogP contribution in [0.25, 0.3) is 0 Å². The van der Waals surface area contributed by atoms with E-state index in [1.807, 2.05) is 18.2 Å². The summed E-state index contributed by atoms with van der Waals surface area (Å²) in [5.74, 6) is 0. The smallest absolute Gasteiger partial charge is 0.116 e. The second-order valence-electron chi connectivity index (χ2n) is 6.49. The van der Waals surface area contributed by atoms with Gasteiger partial charge in [-0.2, -0.15) is 0 Å². The summed E-state index contributed by atoms with van der Waals surface area (Å²) >= 11 is 12.3. The molecule has 0 amide bonds. The summed E-state index contributed by atoms with van der Waals surface area (Å²) in [6.07, 6.45) is 0.750. The highest BCUT2D eigenvalue weighted by molar-refractivity contribution is 6.36. The van der Waals surface area contributed by atoms with E-state index in [1.165, 1.54) is 6.92 Å². The molecule has 22 heavy (non-hydrogen) atoms. The van der Waals surface area contributed by atoms with E-state index in [-0.39, 0.29) is 5.54 Å². The number of piperazine rings is 1. The van der Waals surface area contributed by atoms with Crippen molar-refractivity contribution in [1.82, 2.24) is 4.90 Å². The summed E-state index contributed by atoms with van der Waals surface area (Å²) in [6.45, 7) is 13.6. The first-order chi connectivity index (χ1) is 10.2. The Labute approximate surface area is 144 Å². The lowest BCUT2D eigenvalue weighted by Gasteiger charge is -2.46. The van der Waals surface area contributed by atoms with Gasteiger partial charge in [0.05, 0.1) is 10.7 Å². The van der Waals surface area contributed by atoms with Crippen molar-refractivity contribution >= 4 is 35.2 Å². The molecule has 5 heteroatoms. The minimum absolute atomic E-state index is 0.226. The predicted molar refractivity (Wildman–Crippen MR) is 96.3 cm³/mol. The number of benzene rings is 1. The minimum Gasteiger partial charge on any atom is -0.365 e. The van der Waals surface area contributed by atoms with Gasteiger partial charge in [0.1, 0.15) is 6.29 Å². The van der Waals surface area contributed by atoms with Gasteiger partial charge in [-0.1, -0.05) is 23.2 Å². The molecule has 0 aliphatic carbocycles. The van der Waals surface area contributed by atoms with Crippen LogP contribution in [0.1, 0.15) is 34.6 Å². The van der Waals surface area contributed by atoms with Crippen LogP contribution in [-0.2, 0) is 4.79 Å².